The Morgan fingerprint density at radius 3 is 2.55 bits per heavy atom. The van der Waals surface area contributed by atoms with Gasteiger partial charge in [0.15, 0.2) is 0 Å². The van der Waals surface area contributed by atoms with Crippen molar-refractivity contribution in [2.75, 3.05) is 6.61 Å². The number of hydrogen-bond donors (Lipinski definition) is 2. The van der Waals surface area contributed by atoms with Gasteiger partial charge in [-0.3, -0.25) is 0 Å². The molecule has 66 valence electrons. The molecule has 0 aromatic rings. The number of aliphatic hydroxyl groups is 2. The Morgan fingerprint density at radius 2 is 2.18 bits per heavy atom. The quantitative estimate of drug-likeness (QED) is 0.763. The van der Waals surface area contributed by atoms with Crippen molar-refractivity contribution in [2.45, 2.75) is 26.4 Å². The third-order valence-electron chi connectivity index (χ3n) is 1.52. The minimum Gasteiger partial charge on any atom is -0.396 e. The monoisotopic (exact) mass is 270 g/mol. The molecular formula is C8H15IO2. The molecule has 0 saturated heterocycles. The lowest BCUT2D eigenvalue weighted by Gasteiger charge is -2.13. The maximum absolute atomic E-state index is 9.36. The van der Waals surface area contributed by atoms with Crippen LogP contribution in [0, 0.1) is 5.92 Å². The van der Waals surface area contributed by atoms with Crippen LogP contribution >= 0.6 is 22.6 Å². The molecule has 0 heterocycles. The Hall–Kier alpha value is 0.390. The lowest BCUT2D eigenvalue weighted by molar-refractivity contribution is 0.103. The van der Waals surface area contributed by atoms with Gasteiger partial charge in [-0.25, -0.2) is 0 Å². The van der Waals surface area contributed by atoms with Crippen LogP contribution in [0.5, 0.6) is 0 Å². The Labute approximate surface area is 81.5 Å². The van der Waals surface area contributed by atoms with Gasteiger partial charge in [0.2, 0.25) is 0 Å². The van der Waals surface area contributed by atoms with E-state index < -0.39 is 6.10 Å². The molecule has 0 aliphatic carbocycles. The predicted octanol–water partition coefficient (Wildman–Crippen LogP) is 1.70. The second kappa shape index (κ2) is 5.97. The average molecular weight is 270 g/mol. The molecule has 0 aromatic carbocycles. The Kier molecular flexibility index (Phi) is 6.18. The van der Waals surface area contributed by atoms with E-state index >= 15 is 0 Å². The summed E-state index contributed by atoms with van der Waals surface area (Å²) in [7, 11) is 0. The molecule has 0 fully saturated rings. The highest BCUT2D eigenvalue weighted by atomic mass is 127. The van der Waals surface area contributed by atoms with E-state index in [9.17, 15) is 5.11 Å². The van der Waals surface area contributed by atoms with E-state index in [1.165, 1.54) is 3.58 Å². The molecule has 11 heavy (non-hydrogen) atoms. The van der Waals surface area contributed by atoms with E-state index in [4.69, 9.17) is 5.11 Å². The van der Waals surface area contributed by atoms with E-state index in [-0.39, 0.29) is 12.5 Å². The van der Waals surface area contributed by atoms with Gasteiger partial charge in [-0.15, -0.1) is 0 Å². The Morgan fingerprint density at radius 1 is 1.64 bits per heavy atom. The van der Waals surface area contributed by atoms with Crippen LogP contribution in [0.2, 0.25) is 0 Å². The number of allylic oxidation sites excluding steroid dienone is 1. The first-order valence-corrected chi connectivity index (χ1v) is 4.78. The standard InChI is InChI=1S/C8H15IO2/c1-6(5-7(2)9)8(11)3-4-10/h5-6,8,10-11H,3-4H2,1-2H3/b7-5+/t6-,8-/m0/s1. The summed E-state index contributed by atoms with van der Waals surface area (Å²) in [4.78, 5) is 0. The zero-order chi connectivity index (χ0) is 8.85. The molecule has 0 bridgehead atoms. The summed E-state index contributed by atoms with van der Waals surface area (Å²) in [5.41, 5.74) is 0. The van der Waals surface area contributed by atoms with Crippen molar-refractivity contribution in [3.05, 3.63) is 9.66 Å². The van der Waals surface area contributed by atoms with Gasteiger partial charge in [0.1, 0.15) is 0 Å². The molecule has 0 aliphatic heterocycles. The van der Waals surface area contributed by atoms with Crippen LogP contribution in [0.3, 0.4) is 0 Å². The van der Waals surface area contributed by atoms with Crippen LogP contribution in [-0.4, -0.2) is 22.9 Å². The van der Waals surface area contributed by atoms with Crippen LogP contribution in [-0.2, 0) is 0 Å². The van der Waals surface area contributed by atoms with E-state index in [2.05, 4.69) is 22.6 Å². The third kappa shape index (κ3) is 5.64. The Balaban J connectivity index is 3.82. The summed E-state index contributed by atoms with van der Waals surface area (Å²) in [5, 5.41) is 17.9. The first-order chi connectivity index (χ1) is 5.07. The zero-order valence-corrected chi connectivity index (χ0v) is 9.08. The van der Waals surface area contributed by atoms with Crippen molar-refractivity contribution in [3.63, 3.8) is 0 Å². The molecule has 0 amide bonds. The molecule has 2 atom stereocenters. The summed E-state index contributed by atoms with van der Waals surface area (Å²) in [6.07, 6.45) is 2.05. The van der Waals surface area contributed by atoms with Gasteiger partial charge in [0, 0.05) is 12.5 Å². The third-order valence-corrected chi connectivity index (χ3v) is 1.88. The lowest BCUT2D eigenvalue weighted by atomic mass is 10.0. The van der Waals surface area contributed by atoms with Crippen molar-refractivity contribution in [1.29, 1.82) is 0 Å². The highest BCUT2D eigenvalue weighted by Gasteiger charge is 2.10. The van der Waals surface area contributed by atoms with Gasteiger partial charge in [0.05, 0.1) is 6.10 Å². The minimum atomic E-state index is -0.412. The van der Waals surface area contributed by atoms with Crippen LogP contribution in [0.4, 0.5) is 0 Å². The average Bonchev–Trinajstić information content (AvgIpc) is 1.86. The van der Waals surface area contributed by atoms with Crippen LogP contribution in [0.15, 0.2) is 9.66 Å². The molecule has 2 N–H and O–H groups in total. The van der Waals surface area contributed by atoms with Crippen molar-refractivity contribution < 1.29 is 10.2 Å². The number of rotatable bonds is 4. The van der Waals surface area contributed by atoms with E-state index in [1.807, 2.05) is 19.9 Å². The predicted molar refractivity (Wildman–Crippen MR) is 54.7 cm³/mol. The first-order valence-electron chi connectivity index (χ1n) is 3.70. The zero-order valence-electron chi connectivity index (χ0n) is 6.92. The SMILES string of the molecule is C/C(I)=C\[C@H](C)[C@@H](O)CCO. The van der Waals surface area contributed by atoms with Crippen LogP contribution < -0.4 is 0 Å². The molecule has 3 heteroatoms. The van der Waals surface area contributed by atoms with Crippen LogP contribution in [0.1, 0.15) is 20.3 Å². The molecule has 0 spiro atoms. The van der Waals surface area contributed by atoms with Gasteiger partial charge in [0.25, 0.3) is 0 Å². The van der Waals surface area contributed by atoms with Gasteiger partial charge < -0.3 is 10.2 Å². The molecule has 2 nitrogen and oxygen atoms in total. The number of hydrogen-bond acceptors (Lipinski definition) is 2. The molecule has 0 aliphatic rings. The molecule has 0 saturated carbocycles. The smallest absolute Gasteiger partial charge is 0.0622 e. The topological polar surface area (TPSA) is 40.5 Å². The van der Waals surface area contributed by atoms with Gasteiger partial charge in [-0.1, -0.05) is 13.0 Å². The fraction of sp³-hybridized carbons (Fsp3) is 0.750. The maximum atomic E-state index is 9.36. The molecule has 0 rings (SSSR count). The minimum absolute atomic E-state index is 0.0552. The fourth-order valence-electron chi connectivity index (χ4n) is 0.868. The van der Waals surface area contributed by atoms with E-state index in [0.717, 1.165) is 0 Å². The van der Waals surface area contributed by atoms with Crippen molar-refractivity contribution in [2.24, 2.45) is 5.92 Å². The van der Waals surface area contributed by atoms with Crippen molar-refractivity contribution in [1.82, 2.24) is 0 Å². The molecule has 0 radical (unpaired) electrons. The van der Waals surface area contributed by atoms with Gasteiger partial charge in [-0.2, -0.15) is 0 Å². The lowest BCUT2D eigenvalue weighted by Crippen LogP contribution is -2.17. The summed E-state index contributed by atoms with van der Waals surface area (Å²) in [6, 6.07) is 0. The summed E-state index contributed by atoms with van der Waals surface area (Å²) < 4.78 is 1.17. The fourth-order valence-corrected chi connectivity index (χ4v) is 1.44. The maximum Gasteiger partial charge on any atom is 0.0622 e. The summed E-state index contributed by atoms with van der Waals surface area (Å²) >= 11 is 2.21. The first kappa shape index (κ1) is 11.4. The normalized spacial score (nSPS) is 18.1. The second-order valence-corrected chi connectivity index (χ2v) is 4.39. The second-order valence-electron chi connectivity index (χ2n) is 2.69. The highest BCUT2D eigenvalue weighted by Crippen LogP contribution is 2.14. The van der Waals surface area contributed by atoms with E-state index in [0.29, 0.717) is 6.42 Å². The van der Waals surface area contributed by atoms with E-state index in [1.54, 1.807) is 0 Å². The molecule has 0 unspecified atom stereocenters. The highest BCUT2D eigenvalue weighted by molar-refractivity contribution is 14.1. The van der Waals surface area contributed by atoms with Crippen molar-refractivity contribution >= 4 is 22.6 Å². The Bertz CT molecular complexity index is 130. The molecule has 0 aromatic heterocycles. The summed E-state index contributed by atoms with van der Waals surface area (Å²) in [5.74, 6) is 0.138. The van der Waals surface area contributed by atoms with Gasteiger partial charge >= 0.3 is 0 Å². The largest absolute Gasteiger partial charge is 0.396 e. The summed E-state index contributed by atoms with van der Waals surface area (Å²) in [6.45, 7) is 3.99. The molecular weight excluding hydrogens is 255 g/mol. The van der Waals surface area contributed by atoms with Crippen LogP contribution in [0.25, 0.3) is 0 Å². The van der Waals surface area contributed by atoms with Gasteiger partial charge in [-0.05, 0) is 39.5 Å². The van der Waals surface area contributed by atoms with Crippen molar-refractivity contribution in [3.8, 4) is 0 Å². The number of aliphatic hydroxyl groups excluding tert-OH is 2. The number of halogens is 1.